The van der Waals surface area contributed by atoms with Crippen molar-refractivity contribution in [2.45, 2.75) is 19.5 Å². The van der Waals surface area contributed by atoms with E-state index < -0.39 is 0 Å². The molecule has 2 aromatic heterocycles. The Balaban J connectivity index is 1.61. The van der Waals surface area contributed by atoms with Gasteiger partial charge in [-0.3, -0.25) is 0 Å². The lowest BCUT2D eigenvalue weighted by atomic mass is 10.1. The molecular formula is C16H15ClN2OS. The fraction of sp³-hybridized carbons (Fsp3) is 0.188. The van der Waals surface area contributed by atoms with E-state index in [9.17, 15) is 0 Å². The van der Waals surface area contributed by atoms with Crippen molar-refractivity contribution in [1.29, 1.82) is 0 Å². The smallest absolute Gasteiger partial charge is 0.177 e. The van der Waals surface area contributed by atoms with Crippen molar-refractivity contribution in [3.8, 4) is 10.6 Å². The van der Waals surface area contributed by atoms with Crippen LogP contribution in [0.5, 0.6) is 0 Å². The number of benzene rings is 1. The topological polar surface area (TPSA) is 38.1 Å². The highest BCUT2D eigenvalue weighted by Crippen LogP contribution is 2.25. The molecule has 1 aromatic carbocycles. The SMILES string of the molecule is CC(NCc1cc(-c2cccs2)on1)c1ccc(Cl)cc1. The van der Waals surface area contributed by atoms with Gasteiger partial charge in [0.15, 0.2) is 5.76 Å². The molecule has 0 amide bonds. The van der Waals surface area contributed by atoms with E-state index in [2.05, 4.69) is 17.4 Å². The Kier molecular flexibility index (Phi) is 4.39. The summed E-state index contributed by atoms with van der Waals surface area (Å²) in [5.41, 5.74) is 2.10. The highest BCUT2D eigenvalue weighted by Gasteiger charge is 2.09. The van der Waals surface area contributed by atoms with Crippen LogP contribution in [0.25, 0.3) is 10.6 Å². The number of halogens is 1. The summed E-state index contributed by atoms with van der Waals surface area (Å²) in [6.45, 7) is 2.78. The van der Waals surface area contributed by atoms with E-state index in [-0.39, 0.29) is 6.04 Å². The minimum atomic E-state index is 0.226. The molecule has 0 saturated carbocycles. The first-order valence-corrected chi connectivity index (χ1v) is 7.96. The Hall–Kier alpha value is -1.62. The van der Waals surface area contributed by atoms with Crippen molar-refractivity contribution in [3.05, 3.63) is 64.1 Å². The summed E-state index contributed by atoms with van der Waals surface area (Å²) in [6.07, 6.45) is 0. The summed E-state index contributed by atoms with van der Waals surface area (Å²) in [6, 6.07) is 14.1. The molecule has 1 atom stereocenters. The second kappa shape index (κ2) is 6.43. The van der Waals surface area contributed by atoms with Gasteiger partial charge in [0.05, 0.1) is 10.6 Å². The van der Waals surface area contributed by atoms with Crippen molar-refractivity contribution < 1.29 is 4.52 Å². The van der Waals surface area contributed by atoms with E-state index in [1.807, 2.05) is 47.8 Å². The fourth-order valence-electron chi connectivity index (χ4n) is 2.06. The number of thiophene rings is 1. The molecule has 0 aliphatic rings. The first-order valence-electron chi connectivity index (χ1n) is 6.70. The highest BCUT2D eigenvalue weighted by molar-refractivity contribution is 7.13. The second-order valence-electron chi connectivity index (χ2n) is 4.81. The lowest BCUT2D eigenvalue weighted by Crippen LogP contribution is -2.18. The molecular weight excluding hydrogens is 304 g/mol. The zero-order valence-corrected chi connectivity index (χ0v) is 13.1. The number of hydrogen-bond acceptors (Lipinski definition) is 4. The predicted octanol–water partition coefficient (Wildman–Crippen LogP) is 4.91. The molecule has 21 heavy (non-hydrogen) atoms. The molecule has 1 unspecified atom stereocenters. The van der Waals surface area contributed by atoms with Gasteiger partial charge < -0.3 is 9.84 Å². The molecule has 0 aliphatic heterocycles. The molecule has 2 heterocycles. The molecule has 0 spiro atoms. The number of aromatic nitrogens is 1. The fourth-order valence-corrected chi connectivity index (χ4v) is 2.86. The lowest BCUT2D eigenvalue weighted by Gasteiger charge is -2.13. The molecule has 0 bridgehead atoms. The van der Waals surface area contributed by atoms with Crippen LogP contribution in [0.15, 0.2) is 52.4 Å². The maximum Gasteiger partial charge on any atom is 0.177 e. The van der Waals surface area contributed by atoms with Gasteiger partial charge in [-0.25, -0.2) is 0 Å². The van der Waals surface area contributed by atoms with Crippen molar-refractivity contribution in [3.63, 3.8) is 0 Å². The summed E-state index contributed by atoms with van der Waals surface area (Å²) < 4.78 is 5.37. The van der Waals surface area contributed by atoms with Gasteiger partial charge in [0.1, 0.15) is 0 Å². The van der Waals surface area contributed by atoms with Crippen LogP contribution in [0.2, 0.25) is 5.02 Å². The number of rotatable bonds is 5. The van der Waals surface area contributed by atoms with Gasteiger partial charge in [-0.15, -0.1) is 11.3 Å². The largest absolute Gasteiger partial charge is 0.355 e. The van der Waals surface area contributed by atoms with Crippen LogP contribution in [-0.2, 0) is 6.54 Å². The quantitative estimate of drug-likeness (QED) is 0.726. The molecule has 3 nitrogen and oxygen atoms in total. The summed E-state index contributed by atoms with van der Waals surface area (Å²) in [5.74, 6) is 0.820. The van der Waals surface area contributed by atoms with Crippen LogP contribution < -0.4 is 5.32 Å². The number of hydrogen-bond donors (Lipinski definition) is 1. The van der Waals surface area contributed by atoms with Crippen LogP contribution in [0.1, 0.15) is 24.2 Å². The van der Waals surface area contributed by atoms with E-state index in [0.29, 0.717) is 6.54 Å². The predicted molar refractivity (Wildman–Crippen MR) is 86.5 cm³/mol. The Morgan fingerprint density at radius 1 is 1.29 bits per heavy atom. The highest BCUT2D eigenvalue weighted by atomic mass is 35.5. The lowest BCUT2D eigenvalue weighted by molar-refractivity contribution is 0.417. The molecule has 3 aromatic rings. The zero-order chi connectivity index (χ0) is 14.7. The van der Waals surface area contributed by atoms with Gasteiger partial charge in [-0.05, 0) is 36.1 Å². The zero-order valence-electron chi connectivity index (χ0n) is 11.5. The van der Waals surface area contributed by atoms with E-state index >= 15 is 0 Å². The van der Waals surface area contributed by atoms with Gasteiger partial charge in [-0.1, -0.05) is 35.0 Å². The van der Waals surface area contributed by atoms with Gasteiger partial charge in [0.25, 0.3) is 0 Å². The normalized spacial score (nSPS) is 12.5. The molecule has 5 heteroatoms. The number of nitrogens with one attached hydrogen (secondary N) is 1. The van der Waals surface area contributed by atoms with Crippen molar-refractivity contribution >= 4 is 22.9 Å². The molecule has 0 saturated heterocycles. The van der Waals surface area contributed by atoms with E-state index in [0.717, 1.165) is 21.4 Å². The maximum absolute atomic E-state index is 5.90. The summed E-state index contributed by atoms with van der Waals surface area (Å²) in [4.78, 5) is 1.10. The maximum atomic E-state index is 5.90. The third-order valence-electron chi connectivity index (χ3n) is 3.28. The Labute approximate surface area is 132 Å². The van der Waals surface area contributed by atoms with Gasteiger partial charge in [0.2, 0.25) is 0 Å². The van der Waals surface area contributed by atoms with E-state index in [1.165, 1.54) is 5.56 Å². The summed E-state index contributed by atoms with van der Waals surface area (Å²) >= 11 is 7.54. The Morgan fingerprint density at radius 3 is 2.81 bits per heavy atom. The van der Waals surface area contributed by atoms with E-state index in [1.54, 1.807) is 11.3 Å². The second-order valence-corrected chi connectivity index (χ2v) is 6.20. The van der Waals surface area contributed by atoms with Crippen molar-refractivity contribution in [1.82, 2.24) is 10.5 Å². The van der Waals surface area contributed by atoms with Crippen LogP contribution >= 0.6 is 22.9 Å². The average molecular weight is 319 g/mol. The van der Waals surface area contributed by atoms with Gasteiger partial charge >= 0.3 is 0 Å². The number of nitrogens with zero attached hydrogens (tertiary/aromatic N) is 1. The van der Waals surface area contributed by atoms with Gasteiger partial charge in [0, 0.05) is 23.7 Å². The Morgan fingerprint density at radius 2 is 2.10 bits per heavy atom. The van der Waals surface area contributed by atoms with Gasteiger partial charge in [-0.2, -0.15) is 0 Å². The monoisotopic (exact) mass is 318 g/mol. The average Bonchev–Trinajstić information content (AvgIpc) is 3.16. The minimum absolute atomic E-state index is 0.226. The van der Waals surface area contributed by atoms with E-state index in [4.69, 9.17) is 16.1 Å². The molecule has 0 radical (unpaired) electrons. The molecule has 0 fully saturated rings. The third kappa shape index (κ3) is 3.53. The van der Waals surface area contributed by atoms with Crippen molar-refractivity contribution in [2.24, 2.45) is 0 Å². The van der Waals surface area contributed by atoms with Crippen LogP contribution in [-0.4, -0.2) is 5.16 Å². The third-order valence-corrected chi connectivity index (χ3v) is 4.42. The minimum Gasteiger partial charge on any atom is -0.355 e. The first kappa shape index (κ1) is 14.3. The summed E-state index contributed by atoms with van der Waals surface area (Å²) in [7, 11) is 0. The molecule has 108 valence electrons. The molecule has 1 N–H and O–H groups in total. The Bertz CT molecular complexity index is 691. The van der Waals surface area contributed by atoms with Crippen molar-refractivity contribution in [2.75, 3.05) is 0 Å². The summed E-state index contributed by atoms with van der Waals surface area (Å²) in [5, 5.41) is 10.3. The van der Waals surface area contributed by atoms with Crippen LogP contribution in [0.3, 0.4) is 0 Å². The standard InChI is InChI=1S/C16H15ClN2OS/c1-11(12-4-6-13(17)7-5-12)18-10-14-9-15(20-19-14)16-3-2-8-21-16/h2-9,11,18H,10H2,1H3. The molecule has 0 aliphatic carbocycles. The molecule has 3 rings (SSSR count). The van der Waals surface area contributed by atoms with Crippen LogP contribution in [0, 0.1) is 0 Å². The van der Waals surface area contributed by atoms with Crippen LogP contribution in [0.4, 0.5) is 0 Å². The first-order chi connectivity index (χ1) is 10.2.